The zero-order chi connectivity index (χ0) is 23.7. The lowest BCUT2D eigenvalue weighted by molar-refractivity contribution is 0.267. The number of amides is 1. The molecule has 1 amide bonds. The molecule has 2 aliphatic heterocycles. The number of anilines is 1. The van der Waals surface area contributed by atoms with Gasteiger partial charge in [-0.1, -0.05) is 70.5 Å². The van der Waals surface area contributed by atoms with Gasteiger partial charge in [0.25, 0.3) is 0 Å². The summed E-state index contributed by atoms with van der Waals surface area (Å²) in [5, 5.41) is 6.70. The number of hydrogen-bond acceptors (Lipinski definition) is 5. The molecule has 34 heavy (non-hydrogen) atoms. The van der Waals surface area contributed by atoms with Gasteiger partial charge in [-0.2, -0.15) is 10.1 Å². The number of thioether (sulfide) groups is 1. The maximum atomic E-state index is 12.4. The predicted molar refractivity (Wildman–Crippen MR) is 145 cm³/mol. The Hall–Kier alpha value is -3.16. The van der Waals surface area contributed by atoms with Crippen LogP contribution in [0.25, 0.3) is 6.08 Å². The summed E-state index contributed by atoms with van der Waals surface area (Å²) in [5.74, 6) is 0.602. The van der Waals surface area contributed by atoms with E-state index in [-0.39, 0.29) is 11.3 Å². The molecule has 1 unspecified atom stereocenters. The first kappa shape index (κ1) is 22.6. The fourth-order valence-electron chi connectivity index (χ4n) is 4.04. The summed E-state index contributed by atoms with van der Waals surface area (Å²) < 4.78 is 1.01. The van der Waals surface area contributed by atoms with Gasteiger partial charge < -0.3 is 4.90 Å². The van der Waals surface area contributed by atoms with Gasteiger partial charge >= 0.3 is 5.24 Å². The maximum absolute atomic E-state index is 12.4. The van der Waals surface area contributed by atoms with Crippen molar-refractivity contribution in [2.75, 3.05) is 19.0 Å². The van der Waals surface area contributed by atoms with Crippen molar-refractivity contribution in [1.82, 2.24) is 5.01 Å². The monoisotopic (exact) mass is 530 g/mol. The highest BCUT2D eigenvalue weighted by Crippen LogP contribution is 2.40. The molecule has 0 radical (unpaired) electrons. The molecular formula is C27H23BrN4OS. The minimum Gasteiger partial charge on any atom is -0.378 e. The Bertz CT molecular complexity index is 1300. The van der Waals surface area contributed by atoms with Crippen LogP contribution in [0.2, 0.25) is 0 Å². The third kappa shape index (κ3) is 4.72. The van der Waals surface area contributed by atoms with E-state index in [1.807, 2.05) is 67.6 Å². The van der Waals surface area contributed by atoms with E-state index in [0.717, 1.165) is 55.6 Å². The number of hydrogen-bond donors (Lipinski definition) is 0. The van der Waals surface area contributed by atoms with Crippen LogP contribution in [0.5, 0.6) is 0 Å². The van der Waals surface area contributed by atoms with E-state index in [0.29, 0.717) is 5.84 Å². The van der Waals surface area contributed by atoms with Crippen molar-refractivity contribution < 1.29 is 4.79 Å². The van der Waals surface area contributed by atoms with Crippen molar-refractivity contribution in [3.8, 4) is 0 Å². The Morgan fingerprint density at radius 1 is 1.00 bits per heavy atom. The van der Waals surface area contributed by atoms with Gasteiger partial charge in [0, 0.05) is 30.7 Å². The molecule has 1 atom stereocenters. The second-order valence-corrected chi connectivity index (χ2v) is 10.2. The first-order valence-electron chi connectivity index (χ1n) is 11.0. The number of carbonyl (C=O) groups excluding carboxylic acids is 1. The molecule has 0 saturated heterocycles. The van der Waals surface area contributed by atoms with Crippen LogP contribution >= 0.6 is 27.7 Å². The van der Waals surface area contributed by atoms with Gasteiger partial charge in [-0.3, -0.25) is 4.79 Å². The lowest BCUT2D eigenvalue weighted by Gasteiger charge is -2.24. The molecule has 5 rings (SSSR count). The van der Waals surface area contributed by atoms with Crippen molar-refractivity contribution >= 4 is 56.2 Å². The van der Waals surface area contributed by atoms with Gasteiger partial charge in [-0.05, 0) is 58.8 Å². The molecule has 3 aromatic rings. The molecule has 0 N–H and O–H groups in total. The van der Waals surface area contributed by atoms with Crippen LogP contribution in [0, 0.1) is 0 Å². The van der Waals surface area contributed by atoms with Crippen molar-refractivity contribution in [1.29, 1.82) is 0 Å². The molecule has 5 nitrogen and oxygen atoms in total. The van der Waals surface area contributed by atoms with Crippen LogP contribution < -0.4 is 4.90 Å². The van der Waals surface area contributed by atoms with Crippen LogP contribution in [0.4, 0.5) is 10.5 Å². The Morgan fingerprint density at radius 3 is 2.38 bits per heavy atom. The molecule has 0 aromatic heterocycles. The smallest absolute Gasteiger partial charge is 0.311 e. The van der Waals surface area contributed by atoms with Crippen LogP contribution in [0.15, 0.2) is 98.3 Å². The fourth-order valence-corrected chi connectivity index (χ4v) is 5.05. The summed E-state index contributed by atoms with van der Waals surface area (Å²) in [4.78, 5) is 19.7. The number of amidine groups is 1. The standard InChI is InChI=1S/C27H23BrN4OS/c1-31(2)22-14-10-20(11-15-22)24-17-23(19-6-4-3-5-7-19)30-32(24)26-25(34-27(33)29-26)16-18-8-12-21(28)13-9-18/h3-16,24H,17H2,1-2H3/b25-16-. The molecular weight excluding hydrogens is 508 g/mol. The summed E-state index contributed by atoms with van der Waals surface area (Å²) in [6.07, 6.45) is 2.73. The van der Waals surface area contributed by atoms with Crippen LogP contribution in [-0.2, 0) is 0 Å². The quantitative estimate of drug-likeness (QED) is 0.365. The van der Waals surface area contributed by atoms with Crippen molar-refractivity contribution in [2.45, 2.75) is 12.5 Å². The number of aliphatic imine (C=N–C) groups is 1. The van der Waals surface area contributed by atoms with Crippen LogP contribution in [0.3, 0.4) is 0 Å². The zero-order valence-electron chi connectivity index (χ0n) is 18.9. The zero-order valence-corrected chi connectivity index (χ0v) is 21.3. The Balaban J connectivity index is 1.55. The summed E-state index contributed by atoms with van der Waals surface area (Å²) in [5.41, 5.74) is 5.34. The lowest BCUT2D eigenvalue weighted by Crippen LogP contribution is -2.26. The van der Waals surface area contributed by atoms with Gasteiger partial charge in [-0.15, -0.1) is 0 Å². The summed E-state index contributed by atoms with van der Waals surface area (Å²) >= 11 is 4.63. The van der Waals surface area contributed by atoms with Crippen molar-refractivity contribution in [3.63, 3.8) is 0 Å². The second kappa shape index (κ2) is 9.60. The molecule has 7 heteroatoms. The van der Waals surface area contributed by atoms with Crippen LogP contribution in [-0.4, -0.2) is 35.9 Å². The number of hydrazone groups is 1. The number of rotatable bonds is 4. The molecule has 2 aliphatic rings. The minimum absolute atomic E-state index is 0.0509. The van der Waals surface area contributed by atoms with E-state index < -0.39 is 0 Å². The van der Waals surface area contributed by atoms with E-state index >= 15 is 0 Å². The third-order valence-electron chi connectivity index (χ3n) is 5.81. The van der Waals surface area contributed by atoms with Crippen LogP contribution in [0.1, 0.15) is 29.2 Å². The molecule has 3 aromatic carbocycles. The number of benzene rings is 3. The van der Waals surface area contributed by atoms with Gasteiger partial charge in [-0.25, -0.2) is 5.01 Å². The molecule has 170 valence electrons. The first-order valence-corrected chi connectivity index (χ1v) is 12.6. The van der Waals surface area contributed by atoms with Gasteiger partial charge in [0.1, 0.15) is 0 Å². The van der Waals surface area contributed by atoms with Crippen molar-refractivity contribution in [2.24, 2.45) is 10.1 Å². The highest BCUT2D eigenvalue weighted by Gasteiger charge is 2.36. The van der Waals surface area contributed by atoms with Crippen molar-refractivity contribution in [3.05, 3.63) is 105 Å². The summed E-state index contributed by atoms with van der Waals surface area (Å²) in [7, 11) is 4.06. The second-order valence-electron chi connectivity index (χ2n) is 8.33. The minimum atomic E-state index is -0.219. The normalized spacial score (nSPS) is 18.9. The molecule has 0 saturated carbocycles. The molecule has 0 bridgehead atoms. The topological polar surface area (TPSA) is 48.3 Å². The number of nitrogens with zero attached hydrogens (tertiary/aromatic N) is 4. The van der Waals surface area contributed by atoms with E-state index in [1.54, 1.807) is 0 Å². The fraction of sp³-hybridized carbons (Fsp3) is 0.148. The van der Waals surface area contributed by atoms with Gasteiger partial charge in [0.05, 0.1) is 16.7 Å². The average Bonchev–Trinajstić information content (AvgIpc) is 3.44. The van der Waals surface area contributed by atoms with Gasteiger partial charge in [0.15, 0.2) is 5.84 Å². The lowest BCUT2D eigenvalue weighted by atomic mass is 9.98. The average molecular weight is 531 g/mol. The SMILES string of the molecule is CN(C)c1ccc(C2CC(c3ccccc3)=NN2C2=NC(=O)S/C2=C\c2ccc(Br)cc2)cc1. The molecule has 0 fully saturated rings. The predicted octanol–water partition coefficient (Wildman–Crippen LogP) is 6.97. The maximum Gasteiger partial charge on any atom is 0.311 e. The third-order valence-corrected chi connectivity index (χ3v) is 7.13. The Labute approximate surface area is 212 Å². The first-order chi connectivity index (χ1) is 16.5. The molecule has 0 spiro atoms. The van der Waals surface area contributed by atoms with E-state index in [1.165, 1.54) is 0 Å². The Kier molecular flexibility index (Phi) is 6.39. The van der Waals surface area contributed by atoms with E-state index in [9.17, 15) is 4.79 Å². The number of carbonyl (C=O) groups is 1. The van der Waals surface area contributed by atoms with E-state index in [4.69, 9.17) is 5.10 Å². The van der Waals surface area contributed by atoms with E-state index in [2.05, 4.69) is 62.2 Å². The highest BCUT2D eigenvalue weighted by atomic mass is 79.9. The number of halogens is 1. The summed E-state index contributed by atoms with van der Waals surface area (Å²) in [6.45, 7) is 0. The largest absolute Gasteiger partial charge is 0.378 e. The Morgan fingerprint density at radius 2 is 1.71 bits per heavy atom. The molecule has 2 heterocycles. The summed E-state index contributed by atoms with van der Waals surface area (Å²) in [6, 6.07) is 26.6. The molecule has 0 aliphatic carbocycles. The highest BCUT2D eigenvalue weighted by molar-refractivity contribution is 9.10. The van der Waals surface area contributed by atoms with Gasteiger partial charge in [0.2, 0.25) is 0 Å².